The Morgan fingerprint density at radius 2 is 1.74 bits per heavy atom. The summed E-state index contributed by atoms with van der Waals surface area (Å²) in [5, 5.41) is 12.2. The van der Waals surface area contributed by atoms with Gasteiger partial charge in [-0.2, -0.15) is 26.3 Å². The normalized spacial score (nSPS) is 16.0. The molecule has 0 aliphatic heterocycles. The van der Waals surface area contributed by atoms with Gasteiger partial charge in [-0.05, 0) is 30.5 Å². The number of carbonyl (C=O) groups excluding carboxylic acids is 1. The Labute approximate surface area is 152 Å². The van der Waals surface area contributed by atoms with Crippen LogP contribution in [0.25, 0.3) is 0 Å². The molecule has 0 aliphatic rings. The molecule has 27 heavy (non-hydrogen) atoms. The van der Waals surface area contributed by atoms with E-state index in [4.69, 9.17) is 0 Å². The molecule has 1 aromatic carbocycles. The van der Waals surface area contributed by atoms with Gasteiger partial charge in [0.2, 0.25) is 5.91 Å². The zero-order valence-corrected chi connectivity index (χ0v) is 14.9. The second kappa shape index (κ2) is 8.37. The van der Waals surface area contributed by atoms with Crippen LogP contribution >= 0.6 is 0 Å². The van der Waals surface area contributed by atoms with Gasteiger partial charge in [0.05, 0.1) is 12.5 Å². The van der Waals surface area contributed by atoms with Crippen molar-refractivity contribution in [2.75, 3.05) is 6.61 Å². The van der Waals surface area contributed by atoms with Crippen LogP contribution in [0.2, 0.25) is 0 Å². The molecule has 0 saturated carbocycles. The minimum absolute atomic E-state index is 0.0973. The van der Waals surface area contributed by atoms with Crippen molar-refractivity contribution >= 4 is 5.91 Å². The van der Waals surface area contributed by atoms with Gasteiger partial charge in [-0.15, -0.1) is 0 Å². The largest absolute Gasteiger partial charge is 0.484 e. The Bertz CT molecular complexity index is 644. The summed E-state index contributed by atoms with van der Waals surface area (Å²) in [6, 6.07) is 4.59. The molecule has 0 fully saturated rings. The van der Waals surface area contributed by atoms with Crippen molar-refractivity contribution in [3.05, 3.63) is 29.8 Å². The molecule has 1 amide bonds. The van der Waals surface area contributed by atoms with Gasteiger partial charge >= 0.3 is 12.4 Å². The van der Waals surface area contributed by atoms with Crippen molar-refractivity contribution in [1.29, 1.82) is 0 Å². The Morgan fingerprint density at radius 1 is 1.15 bits per heavy atom. The zero-order valence-electron chi connectivity index (χ0n) is 14.9. The predicted molar refractivity (Wildman–Crippen MR) is 85.0 cm³/mol. The minimum Gasteiger partial charge on any atom is -0.484 e. The fourth-order valence-electron chi connectivity index (χ4n) is 2.29. The molecule has 0 unspecified atom stereocenters. The van der Waals surface area contributed by atoms with Crippen molar-refractivity contribution in [2.45, 2.75) is 51.2 Å². The molecule has 0 spiro atoms. The predicted octanol–water partition coefficient (Wildman–Crippen LogP) is 4.14. The van der Waals surface area contributed by atoms with Gasteiger partial charge in [0.15, 0.2) is 12.2 Å². The third kappa shape index (κ3) is 6.60. The number of amides is 1. The molecule has 4 nitrogen and oxygen atoms in total. The van der Waals surface area contributed by atoms with Crippen molar-refractivity contribution in [1.82, 2.24) is 5.32 Å². The average molecular weight is 401 g/mol. The molecule has 2 N–H and O–H groups in total. The highest BCUT2D eigenvalue weighted by Crippen LogP contribution is 2.39. The molecule has 0 heterocycles. The lowest BCUT2D eigenvalue weighted by Crippen LogP contribution is -2.52. The van der Waals surface area contributed by atoms with E-state index in [1.54, 1.807) is 0 Å². The molecule has 2 atom stereocenters. The summed E-state index contributed by atoms with van der Waals surface area (Å²) in [5.74, 6) is -2.39. The second-order valence-corrected chi connectivity index (χ2v) is 6.52. The van der Waals surface area contributed by atoms with E-state index in [1.165, 1.54) is 31.2 Å². The highest BCUT2D eigenvalue weighted by molar-refractivity contribution is 5.77. The molecule has 0 radical (unpaired) electrons. The quantitative estimate of drug-likeness (QED) is 0.675. The van der Waals surface area contributed by atoms with Gasteiger partial charge in [-0.25, -0.2) is 0 Å². The van der Waals surface area contributed by atoms with E-state index >= 15 is 0 Å². The van der Waals surface area contributed by atoms with Crippen LogP contribution in [0.3, 0.4) is 0 Å². The van der Waals surface area contributed by atoms with Crippen LogP contribution in [0.5, 0.6) is 5.75 Å². The van der Waals surface area contributed by atoms with E-state index in [2.05, 4.69) is 10.1 Å². The Morgan fingerprint density at radius 3 is 2.22 bits per heavy atom. The van der Waals surface area contributed by atoms with Crippen LogP contribution in [0.15, 0.2) is 24.3 Å². The molecule has 0 saturated heterocycles. The fraction of sp³-hybridized carbons (Fsp3) is 0.588. The number of hydrogen-bond acceptors (Lipinski definition) is 3. The smallest absolute Gasteiger partial charge is 0.422 e. The van der Waals surface area contributed by atoms with Crippen LogP contribution in [-0.4, -0.2) is 35.6 Å². The van der Waals surface area contributed by atoms with E-state index in [0.29, 0.717) is 5.56 Å². The Kier molecular flexibility index (Phi) is 7.15. The molecule has 1 aromatic rings. The zero-order chi connectivity index (χ0) is 21.0. The van der Waals surface area contributed by atoms with E-state index in [0.717, 1.165) is 13.8 Å². The summed E-state index contributed by atoms with van der Waals surface area (Å²) in [5.41, 5.74) is -2.85. The number of aliphatic hydroxyl groups is 1. The van der Waals surface area contributed by atoms with Gasteiger partial charge in [-0.3, -0.25) is 4.79 Å². The topological polar surface area (TPSA) is 58.6 Å². The molecule has 0 bridgehead atoms. The first-order chi connectivity index (χ1) is 12.2. The van der Waals surface area contributed by atoms with Crippen LogP contribution in [-0.2, 0) is 4.79 Å². The van der Waals surface area contributed by atoms with Gasteiger partial charge in [-0.1, -0.05) is 26.0 Å². The lowest BCUT2D eigenvalue weighted by molar-refractivity contribution is -0.276. The Balaban J connectivity index is 2.81. The number of carbonyl (C=O) groups is 1. The van der Waals surface area contributed by atoms with E-state index in [1.807, 2.05) is 0 Å². The van der Waals surface area contributed by atoms with Crippen LogP contribution < -0.4 is 10.1 Å². The number of halogens is 6. The number of rotatable bonds is 7. The molecule has 154 valence electrons. The minimum atomic E-state index is -4.99. The summed E-state index contributed by atoms with van der Waals surface area (Å²) in [6.07, 6.45) is -10.7. The van der Waals surface area contributed by atoms with Crippen molar-refractivity contribution < 1.29 is 41.0 Å². The van der Waals surface area contributed by atoms with Gasteiger partial charge < -0.3 is 15.2 Å². The van der Waals surface area contributed by atoms with Crippen molar-refractivity contribution in [3.63, 3.8) is 0 Å². The first kappa shape index (κ1) is 23.1. The molecular weight excluding hydrogens is 380 g/mol. The first-order valence-corrected chi connectivity index (χ1v) is 8.03. The van der Waals surface area contributed by atoms with Crippen LogP contribution in [0.4, 0.5) is 26.3 Å². The molecule has 0 aromatic heterocycles. The highest BCUT2D eigenvalue weighted by Gasteiger charge is 2.56. The lowest BCUT2D eigenvalue weighted by atomic mass is 9.86. The van der Waals surface area contributed by atoms with Gasteiger partial charge in [0, 0.05) is 0 Å². The summed E-state index contributed by atoms with van der Waals surface area (Å²) in [7, 11) is 0. The maximum atomic E-state index is 13.1. The molecule has 0 aliphatic carbocycles. The third-order valence-electron chi connectivity index (χ3n) is 4.01. The van der Waals surface area contributed by atoms with E-state index in [9.17, 15) is 36.2 Å². The highest BCUT2D eigenvalue weighted by atomic mass is 19.4. The first-order valence-electron chi connectivity index (χ1n) is 8.03. The summed E-state index contributed by atoms with van der Waals surface area (Å²) >= 11 is 0. The summed E-state index contributed by atoms with van der Waals surface area (Å²) in [4.78, 5) is 12.0. The number of hydrogen-bond donors (Lipinski definition) is 2. The molecule has 1 rings (SSSR count). The standard InChI is InChI=1S/C17H21F6NO3/c1-10(2)15(26,17(21,22)23)8-14(25)24-11(3)12-5-4-6-13(7-12)27-9-16(18,19)20/h4-7,10-11,26H,8-9H2,1-3H3,(H,24,25)/t11-,15+/m0/s1. The summed E-state index contributed by atoms with van der Waals surface area (Å²) in [6.45, 7) is 2.24. The SMILES string of the molecule is CC(C)[C@](O)(CC(=O)N[C@@H](C)c1cccc(OCC(F)(F)F)c1)C(F)(F)F. The number of benzene rings is 1. The number of nitrogens with one attached hydrogen (secondary N) is 1. The van der Waals surface area contributed by atoms with Crippen molar-refractivity contribution in [3.8, 4) is 5.75 Å². The third-order valence-corrected chi connectivity index (χ3v) is 4.01. The van der Waals surface area contributed by atoms with Crippen LogP contribution in [0, 0.1) is 5.92 Å². The monoisotopic (exact) mass is 401 g/mol. The van der Waals surface area contributed by atoms with Crippen LogP contribution in [0.1, 0.15) is 38.8 Å². The fourth-order valence-corrected chi connectivity index (χ4v) is 2.29. The van der Waals surface area contributed by atoms with E-state index in [-0.39, 0.29) is 5.75 Å². The summed E-state index contributed by atoms with van der Waals surface area (Å²) < 4.78 is 80.4. The number of alkyl halides is 6. The molecule has 10 heteroatoms. The molecular formula is C17H21F6NO3. The lowest BCUT2D eigenvalue weighted by Gasteiger charge is -2.33. The second-order valence-electron chi connectivity index (χ2n) is 6.52. The van der Waals surface area contributed by atoms with Gasteiger partial charge in [0.1, 0.15) is 5.75 Å². The maximum absolute atomic E-state index is 13.1. The average Bonchev–Trinajstić information content (AvgIpc) is 2.51. The maximum Gasteiger partial charge on any atom is 0.422 e. The van der Waals surface area contributed by atoms with Crippen molar-refractivity contribution in [2.24, 2.45) is 5.92 Å². The Hall–Kier alpha value is -1.97. The number of ether oxygens (including phenoxy) is 1. The van der Waals surface area contributed by atoms with Gasteiger partial charge in [0.25, 0.3) is 0 Å². The van der Waals surface area contributed by atoms with E-state index < -0.39 is 48.8 Å².